The molecule has 0 spiro atoms. The van der Waals surface area contributed by atoms with Crippen LogP contribution in [-0.2, 0) is 15.7 Å². The summed E-state index contributed by atoms with van der Waals surface area (Å²) >= 11 is 0. The van der Waals surface area contributed by atoms with Gasteiger partial charge < -0.3 is 19.8 Å². The van der Waals surface area contributed by atoms with Gasteiger partial charge in [0.25, 0.3) is 5.91 Å². The summed E-state index contributed by atoms with van der Waals surface area (Å²) in [5, 5.41) is 3.09. The van der Waals surface area contributed by atoms with E-state index in [1.165, 1.54) is 18.3 Å². The van der Waals surface area contributed by atoms with Crippen LogP contribution in [0.3, 0.4) is 0 Å². The minimum absolute atomic E-state index is 0.360. The predicted octanol–water partition coefficient (Wildman–Crippen LogP) is 3.96. The maximum absolute atomic E-state index is 13.9. The Labute approximate surface area is 159 Å². The van der Waals surface area contributed by atoms with E-state index in [0.717, 1.165) is 24.5 Å². The van der Waals surface area contributed by atoms with Crippen LogP contribution in [0.15, 0.2) is 47.1 Å². The second-order valence-electron chi connectivity index (χ2n) is 5.60. The highest BCUT2D eigenvalue weighted by Crippen LogP contribution is 2.36. The number of rotatable bonds is 6. The van der Waals surface area contributed by atoms with E-state index in [4.69, 9.17) is 4.42 Å². The van der Waals surface area contributed by atoms with Crippen molar-refractivity contribution >= 4 is 17.6 Å². The summed E-state index contributed by atoms with van der Waals surface area (Å²) in [6.07, 6.45) is -9.34. The minimum atomic E-state index is -5.50. The number of esters is 1. The number of ether oxygens (including phenoxy) is 1. The van der Waals surface area contributed by atoms with Gasteiger partial charge in [0, 0.05) is 5.69 Å². The third-order valence-electron chi connectivity index (χ3n) is 3.57. The van der Waals surface area contributed by atoms with Gasteiger partial charge in [0.15, 0.2) is 5.76 Å². The molecule has 1 amide bonds. The molecule has 0 saturated carbocycles. The molecule has 0 radical (unpaired) electrons. The zero-order chi connectivity index (χ0) is 21.9. The molecule has 1 aromatic carbocycles. The molecule has 0 aliphatic heterocycles. The fourth-order valence-electron chi connectivity index (χ4n) is 2.26. The smallest absolute Gasteiger partial charge is 0.441 e. The van der Waals surface area contributed by atoms with Gasteiger partial charge in [-0.05, 0) is 37.3 Å². The lowest BCUT2D eigenvalue weighted by atomic mass is 10.1. The summed E-state index contributed by atoms with van der Waals surface area (Å²) < 4.78 is 89.6. The first-order chi connectivity index (χ1) is 13.4. The molecule has 29 heavy (non-hydrogen) atoms. The number of furan rings is 1. The van der Waals surface area contributed by atoms with Crippen molar-refractivity contribution in [3.63, 3.8) is 0 Å². The lowest BCUT2D eigenvalue weighted by molar-refractivity contribution is -0.204. The van der Waals surface area contributed by atoms with Crippen molar-refractivity contribution in [1.29, 1.82) is 0 Å². The van der Waals surface area contributed by atoms with Crippen LogP contribution in [0, 0.1) is 0 Å². The zero-order valence-electron chi connectivity index (χ0n) is 14.6. The third kappa shape index (κ3) is 4.81. The Hall–Kier alpha value is -3.18. The van der Waals surface area contributed by atoms with Gasteiger partial charge >= 0.3 is 24.0 Å². The van der Waals surface area contributed by atoms with E-state index in [2.05, 4.69) is 4.74 Å². The van der Waals surface area contributed by atoms with Crippen molar-refractivity contribution in [2.75, 3.05) is 11.9 Å². The van der Waals surface area contributed by atoms with Crippen molar-refractivity contribution < 1.29 is 45.1 Å². The SMILES string of the molecule is CCOC(=O)[C@@](NC(=O)c1ccco1)(Nc1cccc(C(F)(F)F)c1)C(F)(F)F. The number of amides is 1. The van der Waals surface area contributed by atoms with Crippen molar-refractivity contribution in [2.24, 2.45) is 0 Å². The van der Waals surface area contributed by atoms with E-state index in [1.54, 1.807) is 5.32 Å². The Morgan fingerprint density at radius 2 is 1.76 bits per heavy atom. The number of carbonyl (C=O) groups excluding carboxylic acids is 2. The van der Waals surface area contributed by atoms with Crippen LogP contribution in [-0.4, -0.2) is 30.3 Å². The van der Waals surface area contributed by atoms with Gasteiger partial charge in [0.05, 0.1) is 18.4 Å². The summed E-state index contributed by atoms with van der Waals surface area (Å²) in [7, 11) is 0. The largest absolute Gasteiger partial charge is 0.463 e. The normalized spacial score (nSPS) is 14.0. The maximum Gasteiger partial charge on any atom is 0.441 e. The van der Waals surface area contributed by atoms with E-state index in [-0.39, 0.29) is 0 Å². The predicted molar refractivity (Wildman–Crippen MR) is 86.7 cm³/mol. The first-order valence-electron chi connectivity index (χ1n) is 7.96. The first-order valence-corrected chi connectivity index (χ1v) is 7.96. The van der Waals surface area contributed by atoms with Crippen molar-refractivity contribution in [1.82, 2.24) is 5.32 Å². The molecule has 12 heteroatoms. The number of nitrogens with one attached hydrogen (secondary N) is 2. The molecule has 0 fully saturated rings. The number of hydrogen-bond donors (Lipinski definition) is 2. The van der Waals surface area contributed by atoms with Crippen LogP contribution in [0.4, 0.5) is 32.0 Å². The maximum atomic E-state index is 13.9. The highest BCUT2D eigenvalue weighted by atomic mass is 19.4. The van der Waals surface area contributed by atoms with Gasteiger partial charge in [-0.3, -0.25) is 4.79 Å². The average Bonchev–Trinajstić information content (AvgIpc) is 3.14. The lowest BCUT2D eigenvalue weighted by Crippen LogP contribution is -2.69. The molecule has 2 N–H and O–H groups in total. The molecule has 158 valence electrons. The first kappa shape index (κ1) is 22.1. The molecule has 0 aliphatic carbocycles. The fourth-order valence-corrected chi connectivity index (χ4v) is 2.26. The highest BCUT2D eigenvalue weighted by Gasteiger charge is 2.64. The number of anilines is 1. The van der Waals surface area contributed by atoms with Gasteiger partial charge in [-0.2, -0.15) is 26.3 Å². The van der Waals surface area contributed by atoms with Gasteiger partial charge in [-0.15, -0.1) is 0 Å². The van der Waals surface area contributed by atoms with E-state index < -0.39 is 53.5 Å². The molecule has 0 unspecified atom stereocenters. The monoisotopic (exact) mass is 424 g/mol. The van der Waals surface area contributed by atoms with Crippen molar-refractivity contribution in [3.8, 4) is 0 Å². The highest BCUT2D eigenvalue weighted by molar-refractivity contribution is 5.97. The summed E-state index contributed by atoms with van der Waals surface area (Å²) in [5.74, 6) is -3.97. The van der Waals surface area contributed by atoms with E-state index in [0.29, 0.717) is 12.1 Å². The number of carbonyl (C=O) groups is 2. The number of halogens is 6. The van der Waals surface area contributed by atoms with Gasteiger partial charge in [-0.1, -0.05) is 6.07 Å². The van der Waals surface area contributed by atoms with E-state index in [1.807, 2.05) is 0 Å². The molecular weight excluding hydrogens is 410 g/mol. The molecular formula is C17H14F6N2O4. The van der Waals surface area contributed by atoms with E-state index >= 15 is 0 Å². The molecule has 6 nitrogen and oxygen atoms in total. The molecule has 2 rings (SSSR count). The zero-order valence-corrected chi connectivity index (χ0v) is 14.6. The van der Waals surface area contributed by atoms with Gasteiger partial charge in [0.2, 0.25) is 0 Å². The molecule has 0 aliphatic rings. The number of benzene rings is 1. The summed E-state index contributed by atoms with van der Waals surface area (Å²) in [6, 6.07) is 4.95. The van der Waals surface area contributed by atoms with Gasteiger partial charge in [0.1, 0.15) is 0 Å². The Bertz CT molecular complexity index is 864. The Kier molecular flexibility index (Phi) is 6.14. The molecule has 1 heterocycles. The fraction of sp³-hybridized carbons (Fsp3) is 0.294. The average molecular weight is 424 g/mol. The van der Waals surface area contributed by atoms with Crippen LogP contribution in [0.1, 0.15) is 23.0 Å². The second-order valence-corrected chi connectivity index (χ2v) is 5.60. The summed E-state index contributed by atoms with van der Waals surface area (Å²) in [4.78, 5) is 24.4. The third-order valence-corrected chi connectivity index (χ3v) is 3.57. The van der Waals surface area contributed by atoms with Crippen LogP contribution >= 0.6 is 0 Å². The standard InChI is InChI=1S/C17H14F6N2O4/c1-2-28-14(27)15(17(21,22)23,25-13(26)12-7-4-8-29-12)24-11-6-3-5-10(9-11)16(18,19)20/h3-9,24H,2H2,1H3,(H,25,26)/t15-/m0/s1. The topological polar surface area (TPSA) is 80.6 Å². The Morgan fingerprint density at radius 1 is 1.07 bits per heavy atom. The van der Waals surface area contributed by atoms with Crippen LogP contribution in [0.25, 0.3) is 0 Å². The number of hydrogen-bond acceptors (Lipinski definition) is 5. The summed E-state index contributed by atoms with van der Waals surface area (Å²) in [5.41, 5.74) is -5.87. The van der Waals surface area contributed by atoms with Gasteiger partial charge in [-0.25, -0.2) is 4.79 Å². The second kappa shape index (κ2) is 8.05. The molecule has 2 aromatic rings. The minimum Gasteiger partial charge on any atom is -0.463 e. The number of alkyl halides is 6. The van der Waals surface area contributed by atoms with Crippen LogP contribution in [0.5, 0.6) is 0 Å². The molecule has 0 bridgehead atoms. The molecule has 1 atom stereocenters. The van der Waals surface area contributed by atoms with Crippen LogP contribution < -0.4 is 10.6 Å². The lowest BCUT2D eigenvalue weighted by Gasteiger charge is -2.35. The van der Waals surface area contributed by atoms with Crippen molar-refractivity contribution in [2.45, 2.75) is 24.9 Å². The van der Waals surface area contributed by atoms with Crippen molar-refractivity contribution in [3.05, 3.63) is 54.0 Å². The quantitative estimate of drug-likeness (QED) is 0.417. The van der Waals surface area contributed by atoms with Crippen LogP contribution in [0.2, 0.25) is 0 Å². The molecule has 1 aromatic heterocycles. The molecule has 0 saturated heterocycles. The van der Waals surface area contributed by atoms with E-state index in [9.17, 15) is 35.9 Å². The summed E-state index contributed by atoms with van der Waals surface area (Å²) in [6.45, 7) is 0.731. The Balaban J connectivity index is 2.53. The Morgan fingerprint density at radius 3 is 2.28 bits per heavy atom.